The van der Waals surface area contributed by atoms with E-state index in [2.05, 4.69) is 20.9 Å². The molecular formula is C9H7BrN2O. The number of halogens is 1. The second-order valence-corrected chi connectivity index (χ2v) is 3.58. The normalized spacial score (nSPS) is 10.5. The average Bonchev–Trinajstić information content (AvgIpc) is 2.12. The van der Waals surface area contributed by atoms with E-state index in [0.29, 0.717) is 5.82 Å². The molecule has 3 N–H and O–H groups in total. The zero-order chi connectivity index (χ0) is 9.42. The van der Waals surface area contributed by atoms with E-state index in [-0.39, 0.29) is 5.75 Å². The van der Waals surface area contributed by atoms with Crippen LogP contribution in [0.5, 0.6) is 5.75 Å². The topological polar surface area (TPSA) is 59.1 Å². The molecule has 0 aliphatic rings. The van der Waals surface area contributed by atoms with Crippen molar-refractivity contribution >= 4 is 32.5 Å². The maximum absolute atomic E-state index is 9.26. The highest BCUT2D eigenvalue weighted by molar-refractivity contribution is 9.10. The highest BCUT2D eigenvalue weighted by Gasteiger charge is 2.03. The first-order chi connectivity index (χ1) is 6.18. The van der Waals surface area contributed by atoms with Gasteiger partial charge in [0.05, 0.1) is 0 Å². The minimum atomic E-state index is 0.221. The number of anilines is 1. The summed E-state index contributed by atoms with van der Waals surface area (Å²) in [5.41, 5.74) is 5.66. The molecule has 0 radical (unpaired) electrons. The number of nitrogens with zero attached hydrogens (tertiary/aromatic N) is 1. The van der Waals surface area contributed by atoms with Crippen LogP contribution in [0.2, 0.25) is 0 Å². The molecule has 13 heavy (non-hydrogen) atoms. The molecule has 66 valence electrons. The van der Waals surface area contributed by atoms with Gasteiger partial charge in [0.1, 0.15) is 11.6 Å². The van der Waals surface area contributed by atoms with Crippen molar-refractivity contribution in [2.45, 2.75) is 0 Å². The van der Waals surface area contributed by atoms with Crippen LogP contribution in [0.15, 0.2) is 28.9 Å². The summed E-state index contributed by atoms with van der Waals surface area (Å²) in [4.78, 5) is 3.99. The van der Waals surface area contributed by atoms with E-state index in [1.807, 2.05) is 0 Å². The largest absolute Gasteiger partial charge is 0.508 e. The number of aromatic nitrogens is 1. The number of rotatable bonds is 0. The molecule has 1 aromatic heterocycles. The quantitative estimate of drug-likeness (QED) is 0.741. The Kier molecular flexibility index (Phi) is 1.84. The average molecular weight is 239 g/mol. The van der Waals surface area contributed by atoms with Crippen LogP contribution in [0.25, 0.3) is 10.8 Å². The molecule has 0 saturated heterocycles. The Bertz CT molecular complexity index is 470. The smallest absolute Gasteiger partial charge is 0.131 e. The van der Waals surface area contributed by atoms with Crippen LogP contribution in [0.3, 0.4) is 0 Å². The van der Waals surface area contributed by atoms with E-state index in [0.717, 1.165) is 15.2 Å². The van der Waals surface area contributed by atoms with Crippen LogP contribution in [0.4, 0.5) is 5.82 Å². The van der Waals surface area contributed by atoms with Crippen molar-refractivity contribution in [3.63, 3.8) is 0 Å². The third-order valence-corrected chi connectivity index (χ3v) is 2.49. The highest BCUT2D eigenvalue weighted by Crippen LogP contribution is 2.29. The Morgan fingerprint density at radius 1 is 1.31 bits per heavy atom. The number of nitrogen functional groups attached to an aromatic ring is 1. The number of phenolic OH excluding ortho intramolecular Hbond substituents is 1. The molecule has 2 rings (SSSR count). The fraction of sp³-hybridized carbons (Fsp3) is 0. The Hall–Kier alpha value is -1.29. The van der Waals surface area contributed by atoms with E-state index >= 15 is 0 Å². The lowest BCUT2D eigenvalue weighted by atomic mass is 10.1. The maximum Gasteiger partial charge on any atom is 0.131 e. The summed E-state index contributed by atoms with van der Waals surface area (Å²) in [6, 6.07) is 4.99. The first-order valence-corrected chi connectivity index (χ1v) is 4.50. The summed E-state index contributed by atoms with van der Waals surface area (Å²) < 4.78 is 0.826. The van der Waals surface area contributed by atoms with Crippen molar-refractivity contribution in [3.8, 4) is 5.75 Å². The van der Waals surface area contributed by atoms with E-state index in [1.54, 1.807) is 24.4 Å². The van der Waals surface area contributed by atoms with Crippen LogP contribution < -0.4 is 5.73 Å². The van der Waals surface area contributed by atoms with Crippen LogP contribution in [0.1, 0.15) is 0 Å². The minimum Gasteiger partial charge on any atom is -0.508 e. The van der Waals surface area contributed by atoms with E-state index in [9.17, 15) is 5.11 Å². The predicted molar refractivity (Wildman–Crippen MR) is 55.5 cm³/mol. The van der Waals surface area contributed by atoms with Gasteiger partial charge in [-0.1, -0.05) is 0 Å². The van der Waals surface area contributed by atoms with Crippen molar-refractivity contribution in [2.75, 3.05) is 5.73 Å². The van der Waals surface area contributed by atoms with Gasteiger partial charge in [-0.3, -0.25) is 0 Å². The van der Waals surface area contributed by atoms with Gasteiger partial charge in [-0.15, -0.1) is 0 Å². The Labute approximate surface area is 83.3 Å². The molecule has 1 aromatic carbocycles. The van der Waals surface area contributed by atoms with Crippen LogP contribution in [0, 0.1) is 0 Å². The number of phenols is 1. The minimum absolute atomic E-state index is 0.221. The third kappa shape index (κ3) is 1.33. The van der Waals surface area contributed by atoms with Gasteiger partial charge in [0.2, 0.25) is 0 Å². The van der Waals surface area contributed by atoms with Gasteiger partial charge in [0.25, 0.3) is 0 Å². The number of aromatic hydroxyl groups is 1. The molecule has 4 heteroatoms. The summed E-state index contributed by atoms with van der Waals surface area (Å²) in [7, 11) is 0. The molecule has 0 aliphatic carbocycles. The fourth-order valence-electron chi connectivity index (χ4n) is 1.22. The lowest BCUT2D eigenvalue weighted by molar-refractivity contribution is 0.476. The van der Waals surface area contributed by atoms with Crippen molar-refractivity contribution in [1.82, 2.24) is 4.98 Å². The van der Waals surface area contributed by atoms with Gasteiger partial charge < -0.3 is 10.8 Å². The molecule has 0 amide bonds. The zero-order valence-corrected chi connectivity index (χ0v) is 8.25. The molecule has 0 atom stereocenters. The van der Waals surface area contributed by atoms with Gasteiger partial charge in [0.15, 0.2) is 0 Å². The number of fused-ring (bicyclic) bond motifs is 1. The molecule has 2 aromatic rings. The second-order valence-electron chi connectivity index (χ2n) is 2.72. The lowest BCUT2D eigenvalue weighted by Gasteiger charge is -2.03. The number of nitrogens with two attached hydrogens (primary N) is 1. The molecule has 0 bridgehead atoms. The Balaban J connectivity index is 2.92. The predicted octanol–water partition coefficient (Wildman–Crippen LogP) is 2.29. The van der Waals surface area contributed by atoms with Crippen molar-refractivity contribution < 1.29 is 5.11 Å². The molecular weight excluding hydrogens is 232 g/mol. The lowest BCUT2D eigenvalue weighted by Crippen LogP contribution is -1.91. The Morgan fingerprint density at radius 2 is 2.08 bits per heavy atom. The molecule has 0 fully saturated rings. The fourth-order valence-corrected chi connectivity index (χ4v) is 1.65. The number of hydrogen-bond donors (Lipinski definition) is 2. The number of hydrogen-bond acceptors (Lipinski definition) is 3. The second kappa shape index (κ2) is 2.88. The molecule has 0 saturated carbocycles. The first kappa shape index (κ1) is 8.31. The number of pyridine rings is 1. The number of benzene rings is 1. The van der Waals surface area contributed by atoms with Crippen molar-refractivity contribution in [1.29, 1.82) is 0 Å². The molecule has 3 nitrogen and oxygen atoms in total. The monoisotopic (exact) mass is 238 g/mol. The van der Waals surface area contributed by atoms with Crippen LogP contribution in [-0.2, 0) is 0 Å². The van der Waals surface area contributed by atoms with Gasteiger partial charge in [-0.05, 0) is 34.1 Å². The van der Waals surface area contributed by atoms with Crippen LogP contribution >= 0.6 is 15.9 Å². The van der Waals surface area contributed by atoms with Gasteiger partial charge in [-0.2, -0.15) is 0 Å². The SMILES string of the molecule is Nc1ncc(Br)c2cc(O)ccc12. The van der Waals surface area contributed by atoms with Gasteiger partial charge in [-0.25, -0.2) is 4.98 Å². The molecule has 0 spiro atoms. The van der Waals surface area contributed by atoms with E-state index in [4.69, 9.17) is 5.73 Å². The molecule has 1 heterocycles. The summed E-state index contributed by atoms with van der Waals surface area (Å²) in [5, 5.41) is 11.0. The van der Waals surface area contributed by atoms with E-state index < -0.39 is 0 Å². The van der Waals surface area contributed by atoms with E-state index in [1.165, 1.54) is 0 Å². The maximum atomic E-state index is 9.26. The van der Waals surface area contributed by atoms with Gasteiger partial charge in [0, 0.05) is 21.4 Å². The van der Waals surface area contributed by atoms with Crippen molar-refractivity contribution in [3.05, 3.63) is 28.9 Å². The zero-order valence-electron chi connectivity index (χ0n) is 6.66. The molecule has 0 aliphatic heterocycles. The summed E-state index contributed by atoms with van der Waals surface area (Å²) >= 11 is 3.34. The van der Waals surface area contributed by atoms with Crippen molar-refractivity contribution in [2.24, 2.45) is 0 Å². The summed E-state index contributed by atoms with van der Waals surface area (Å²) in [5.74, 6) is 0.692. The summed E-state index contributed by atoms with van der Waals surface area (Å²) in [6.07, 6.45) is 1.62. The highest BCUT2D eigenvalue weighted by atomic mass is 79.9. The van der Waals surface area contributed by atoms with Crippen LogP contribution in [-0.4, -0.2) is 10.1 Å². The first-order valence-electron chi connectivity index (χ1n) is 3.71. The molecule has 0 unspecified atom stereocenters. The Morgan fingerprint density at radius 3 is 2.85 bits per heavy atom. The van der Waals surface area contributed by atoms with Gasteiger partial charge >= 0.3 is 0 Å². The standard InChI is InChI=1S/C9H7BrN2O/c10-8-4-12-9(11)6-2-1-5(13)3-7(6)8/h1-4,13H,(H2,11,12). The summed E-state index contributed by atoms with van der Waals surface area (Å²) in [6.45, 7) is 0. The third-order valence-electron chi connectivity index (χ3n) is 1.85.